The normalized spacial score (nSPS) is 13.9. The fourth-order valence-electron chi connectivity index (χ4n) is 7.97. The summed E-state index contributed by atoms with van der Waals surface area (Å²) in [7, 11) is -4.74. The summed E-state index contributed by atoms with van der Waals surface area (Å²) in [5.74, 6) is -2.58. The fourth-order valence-corrected chi connectivity index (χ4v) is 8.72. The lowest BCUT2D eigenvalue weighted by Gasteiger charge is -2.20. The molecule has 3 N–H and O–H groups in total. The third-order valence-electron chi connectivity index (χ3n) is 12.2. The Labute approximate surface area is 426 Å². The Hall–Kier alpha value is -3.79. The molecule has 1 aliphatic rings. The Morgan fingerprint density at radius 3 is 1.49 bits per heavy atom. The van der Waals surface area contributed by atoms with E-state index in [1.54, 1.807) is 0 Å². The van der Waals surface area contributed by atoms with Crippen molar-refractivity contribution in [2.24, 2.45) is 0 Å². The maximum absolute atomic E-state index is 12.9. The first-order valence-electron chi connectivity index (χ1n) is 27.4. The van der Waals surface area contributed by atoms with E-state index in [1.807, 2.05) is 0 Å². The number of nitrogens with zero attached hydrogens (tertiary/aromatic N) is 1. The molecule has 0 fully saturated rings. The quantitative estimate of drug-likeness (QED) is 0.00981. The molecule has 0 aromatic carbocycles. The van der Waals surface area contributed by atoms with Gasteiger partial charge in [-0.2, -0.15) is 0 Å². The van der Waals surface area contributed by atoms with E-state index in [2.05, 4.69) is 31.1 Å². The van der Waals surface area contributed by atoms with E-state index < -0.39 is 69.2 Å². The SMILES string of the molecule is C=COC(CNC(=O)CCN1C(=O)C=CC1=O)OC(=O)NCCOP(=O)(O)OC[C@@H](COC(=O)CCCCCCCCCCCCCCCCC)OC(=O)CCCCCCCCCCCCCCCCC. The number of carbonyl (C=O) groups excluding carboxylic acids is 6. The highest BCUT2D eigenvalue weighted by Gasteiger charge is 2.27. The number of hydrogen-bond donors (Lipinski definition) is 3. The van der Waals surface area contributed by atoms with Crippen molar-refractivity contribution < 1.29 is 66.2 Å². The average molecular weight is 1030 g/mol. The number of ether oxygens (including phenoxy) is 4. The summed E-state index contributed by atoms with van der Waals surface area (Å²) >= 11 is 0. The number of phosphoric acid groups is 1. The molecular weight excluding hydrogens is 934 g/mol. The molecule has 0 bridgehead atoms. The molecule has 0 aromatic rings. The van der Waals surface area contributed by atoms with Crippen LogP contribution in [0.4, 0.5) is 4.79 Å². The molecule has 0 spiro atoms. The monoisotopic (exact) mass is 1030 g/mol. The molecule has 410 valence electrons. The minimum atomic E-state index is -4.74. The van der Waals surface area contributed by atoms with Crippen LogP contribution in [0.2, 0.25) is 0 Å². The van der Waals surface area contributed by atoms with Crippen LogP contribution in [0, 0.1) is 0 Å². The molecule has 4 amide bonds. The fraction of sp³-hybridized carbons (Fsp3) is 0.811. The highest BCUT2D eigenvalue weighted by molar-refractivity contribution is 7.47. The first-order valence-corrected chi connectivity index (χ1v) is 28.9. The van der Waals surface area contributed by atoms with Crippen LogP contribution in [0.3, 0.4) is 0 Å². The Bertz CT molecular complexity index is 1510. The summed E-state index contributed by atoms with van der Waals surface area (Å²) in [6, 6.07) is 0. The van der Waals surface area contributed by atoms with Crippen LogP contribution < -0.4 is 10.6 Å². The smallest absolute Gasteiger partial charge is 0.462 e. The van der Waals surface area contributed by atoms with Crippen LogP contribution in [-0.2, 0) is 56.5 Å². The van der Waals surface area contributed by atoms with Gasteiger partial charge in [-0.15, -0.1) is 0 Å². The average Bonchev–Trinajstić information content (AvgIpc) is 3.67. The third-order valence-corrected chi connectivity index (χ3v) is 13.1. The lowest BCUT2D eigenvalue weighted by atomic mass is 10.0. The molecule has 0 saturated carbocycles. The highest BCUT2D eigenvalue weighted by atomic mass is 31.2. The topological polar surface area (TPSA) is 222 Å². The highest BCUT2D eigenvalue weighted by Crippen LogP contribution is 2.43. The first kappa shape index (κ1) is 65.2. The van der Waals surface area contributed by atoms with E-state index in [-0.39, 0.29) is 45.5 Å². The maximum Gasteiger partial charge on any atom is 0.472 e. The van der Waals surface area contributed by atoms with Crippen molar-refractivity contribution in [2.45, 2.75) is 238 Å². The van der Waals surface area contributed by atoms with Gasteiger partial charge in [0.05, 0.1) is 26.0 Å². The Kier molecular flexibility index (Phi) is 41.2. The predicted molar refractivity (Wildman–Crippen MR) is 275 cm³/mol. The van der Waals surface area contributed by atoms with E-state index in [4.69, 9.17) is 28.0 Å². The molecule has 18 heteroatoms. The number of carbonyl (C=O) groups is 6. The molecule has 3 atom stereocenters. The van der Waals surface area contributed by atoms with Gasteiger partial charge in [-0.3, -0.25) is 37.9 Å². The van der Waals surface area contributed by atoms with Crippen LogP contribution in [0.15, 0.2) is 25.0 Å². The van der Waals surface area contributed by atoms with E-state index >= 15 is 0 Å². The summed E-state index contributed by atoms with van der Waals surface area (Å²) in [6.45, 7) is 5.71. The van der Waals surface area contributed by atoms with E-state index in [1.165, 1.54) is 141 Å². The van der Waals surface area contributed by atoms with Crippen LogP contribution >= 0.6 is 7.82 Å². The van der Waals surface area contributed by atoms with Crippen molar-refractivity contribution in [2.75, 3.05) is 39.5 Å². The van der Waals surface area contributed by atoms with Crippen LogP contribution in [0.1, 0.15) is 226 Å². The zero-order valence-corrected chi connectivity index (χ0v) is 44.7. The molecule has 2 unspecified atom stereocenters. The van der Waals surface area contributed by atoms with Gasteiger partial charge in [0.25, 0.3) is 18.1 Å². The predicted octanol–water partition coefficient (Wildman–Crippen LogP) is 11.7. The summed E-state index contributed by atoms with van der Waals surface area (Å²) < 4.78 is 44.1. The van der Waals surface area contributed by atoms with Crippen molar-refractivity contribution in [1.82, 2.24) is 15.5 Å². The molecule has 71 heavy (non-hydrogen) atoms. The number of amides is 4. The lowest BCUT2D eigenvalue weighted by Crippen LogP contribution is -2.40. The van der Waals surface area contributed by atoms with Gasteiger partial charge in [0, 0.05) is 44.5 Å². The second-order valence-corrected chi connectivity index (χ2v) is 20.0. The minimum absolute atomic E-state index is 0.137. The zero-order valence-electron chi connectivity index (χ0n) is 43.8. The molecule has 0 aromatic heterocycles. The van der Waals surface area contributed by atoms with Gasteiger partial charge in [-0.25, -0.2) is 9.36 Å². The number of unbranched alkanes of at least 4 members (excludes halogenated alkanes) is 28. The Morgan fingerprint density at radius 2 is 1.04 bits per heavy atom. The largest absolute Gasteiger partial charge is 0.472 e. The molecule has 0 radical (unpaired) electrons. The minimum Gasteiger partial charge on any atom is -0.462 e. The van der Waals surface area contributed by atoms with Gasteiger partial charge >= 0.3 is 25.9 Å². The summed E-state index contributed by atoms with van der Waals surface area (Å²) in [6.07, 6.45) is 35.9. The summed E-state index contributed by atoms with van der Waals surface area (Å²) in [4.78, 5) is 84.8. The number of imide groups is 1. The summed E-state index contributed by atoms with van der Waals surface area (Å²) in [5, 5.41) is 4.78. The summed E-state index contributed by atoms with van der Waals surface area (Å²) in [5.41, 5.74) is 0. The molecule has 0 saturated heterocycles. The standard InChI is InChI=1S/C53H94N3O14P/c1-4-7-9-11-13-15-17-19-21-23-25-27-29-31-33-35-50(60)66-44-46(69-51(61)36-34-32-30-28-26-24-22-20-18-16-14-12-10-8-5-2)45-68-71(63,64)67-42-40-54-53(62)70-52(65-6-3)43-55-47(57)39-41-56-48(58)37-38-49(56)59/h6,37-38,46,52H,3-5,7-36,39-45H2,1-2H3,(H,54,62)(H,55,57)(H,63,64)/t46-,52?/m1/s1. The van der Waals surface area contributed by atoms with Crippen molar-refractivity contribution in [3.8, 4) is 0 Å². The number of nitrogens with one attached hydrogen (secondary N) is 2. The number of esters is 2. The van der Waals surface area contributed by atoms with E-state index in [0.29, 0.717) is 12.8 Å². The number of hydrogen-bond acceptors (Lipinski definition) is 13. The van der Waals surface area contributed by atoms with Gasteiger partial charge in [0.15, 0.2) is 6.10 Å². The second-order valence-electron chi connectivity index (χ2n) is 18.6. The van der Waals surface area contributed by atoms with E-state index in [0.717, 1.165) is 61.8 Å². The molecule has 17 nitrogen and oxygen atoms in total. The first-order chi connectivity index (χ1) is 34.4. The molecule has 1 heterocycles. The van der Waals surface area contributed by atoms with Gasteiger partial charge in [-0.05, 0) is 12.8 Å². The number of rotatable bonds is 50. The van der Waals surface area contributed by atoms with Crippen LogP contribution in [-0.4, -0.2) is 97.4 Å². The van der Waals surface area contributed by atoms with Gasteiger partial charge < -0.3 is 34.5 Å². The van der Waals surface area contributed by atoms with Crippen LogP contribution in [0.25, 0.3) is 0 Å². The van der Waals surface area contributed by atoms with Crippen molar-refractivity contribution in [3.63, 3.8) is 0 Å². The molecular formula is C53H94N3O14P. The lowest BCUT2D eigenvalue weighted by molar-refractivity contribution is -0.161. The molecule has 1 aliphatic heterocycles. The van der Waals surface area contributed by atoms with Crippen molar-refractivity contribution >= 4 is 43.6 Å². The van der Waals surface area contributed by atoms with Crippen molar-refractivity contribution in [1.29, 1.82) is 0 Å². The molecule has 0 aliphatic carbocycles. The van der Waals surface area contributed by atoms with E-state index in [9.17, 15) is 38.2 Å². The van der Waals surface area contributed by atoms with Gasteiger partial charge in [0.2, 0.25) is 5.91 Å². The second kappa shape index (κ2) is 44.9. The van der Waals surface area contributed by atoms with Crippen molar-refractivity contribution in [3.05, 3.63) is 25.0 Å². The van der Waals surface area contributed by atoms with Crippen LogP contribution in [0.5, 0.6) is 0 Å². The zero-order chi connectivity index (χ0) is 52.1. The third kappa shape index (κ3) is 39.4. The number of phosphoric ester groups is 1. The maximum atomic E-state index is 12.9. The number of alkyl carbamates (subject to hydrolysis) is 1. The Morgan fingerprint density at radius 1 is 0.606 bits per heavy atom. The molecule has 1 rings (SSSR count). The van der Waals surface area contributed by atoms with Gasteiger partial charge in [-0.1, -0.05) is 200 Å². The van der Waals surface area contributed by atoms with Gasteiger partial charge in [0.1, 0.15) is 6.61 Å². The Balaban J connectivity index is 2.47.